The van der Waals surface area contributed by atoms with E-state index in [0.29, 0.717) is 19.3 Å². The molecule has 6 nitrogen and oxygen atoms in total. The van der Waals surface area contributed by atoms with E-state index < -0.39 is 18.2 Å². The van der Waals surface area contributed by atoms with E-state index in [4.69, 9.17) is 10.5 Å². The second-order valence-corrected chi connectivity index (χ2v) is 5.03. The predicted molar refractivity (Wildman–Crippen MR) is 81.2 cm³/mol. The second kappa shape index (κ2) is 9.31. The molecule has 0 radical (unpaired) electrons. The van der Waals surface area contributed by atoms with Crippen LogP contribution >= 0.6 is 0 Å². The first kappa shape index (κ1) is 19.3. The van der Waals surface area contributed by atoms with Gasteiger partial charge in [0.1, 0.15) is 0 Å². The van der Waals surface area contributed by atoms with Crippen LogP contribution in [0.15, 0.2) is 23.8 Å². The molecule has 0 rings (SSSR count). The van der Waals surface area contributed by atoms with Gasteiger partial charge in [-0.2, -0.15) is 0 Å². The number of aliphatic hydroxyl groups is 1. The average Bonchev–Trinajstić information content (AvgIpc) is 2.37. The molecule has 0 bridgehead atoms. The van der Waals surface area contributed by atoms with Gasteiger partial charge in [0.2, 0.25) is 12.2 Å². The van der Waals surface area contributed by atoms with Crippen molar-refractivity contribution in [3.8, 4) is 0 Å². The minimum absolute atomic E-state index is 0.0146. The zero-order valence-corrected chi connectivity index (χ0v) is 13.3. The number of nitrogens with two attached hydrogens (primary N) is 1. The molecule has 1 amide bonds. The SMILES string of the molecule is C=C(/C=C(\C(N)=O)C(CC)N(C)C)C(=O)OC(O)CCC. The van der Waals surface area contributed by atoms with Crippen LogP contribution in [0.4, 0.5) is 0 Å². The standard InChI is InChI=1S/C15H26N2O4/c1-6-8-13(18)21-15(20)10(3)9-11(14(16)19)12(7-2)17(4)5/h9,12-13,18H,3,6-8H2,1-2,4-5H3,(H2,16,19)/b11-9-. The van der Waals surface area contributed by atoms with Gasteiger partial charge < -0.3 is 20.5 Å². The Morgan fingerprint density at radius 1 is 1.38 bits per heavy atom. The Hall–Kier alpha value is -1.66. The highest BCUT2D eigenvalue weighted by atomic mass is 16.6. The van der Waals surface area contributed by atoms with Gasteiger partial charge in [0, 0.05) is 18.0 Å². The summed E-state index contributed by atoms with van der Waals surface area (Å²) in [6.45, 7) is 7.35. The lowest BCUT2D eigenvalue weighted by Gasteiger charge is -2.24. The molecule has 3 N–H and O–H groups in total. The summed E-state index contributed by atoms with van der Waals surface area (Å²) in [6.07, 6.45) is 1.85. The summed E-state index contributed by atoms with van der Waals surface area (Å²) >= 11 is 0. The van der Waals surface area contributed by atoms with Crippen LogP contribution in [0.25, 0.3) is 0 Å². The number of hydrogen-bond acceptors (Lipinski definition) is 5. The maximum Gasteiger partial charge on any atom is 0.339 e. The highest BCUT2D eigenvalue weighted by Crippen LogP contribution is 2.15. The Balaban J connectivity index is 5.08. The fourth-order valence-corrected chi connectivity index (χ4v) is 1.95. The van der Waals surface area contributed by atoms with Crippen LogP contribution in [0.1, 0.15) is 33.1 Å². The first-order chi connectivity index (χ1) is 9.74. The smallest absolute Gasteiger partial charge is 0.339 e. The Morgan fingerprint density at radius 2 is 1.95 bits per heavy atom. The van der Waals surface area contributed by atoms with Crippen molar-refractivity contribution in [3.05, 3.63) is 23.8 Å². The van der Waals surface area contributed by atoms with E-state index in [2.05, 4.69) is 6.58 Å². The first-order valence-electron chi connectivity index (χ1n) is 7.00. The Bertz CT molecular complexity index is 416. The van der Waals surface area contributed by atoms with Gasteiger partial charge in [0.25, 0.3) is 0 Å². The largest absolute Gasteiger partial charge is 0.432 e. The summed E-state index contributed by atoms with van der Waals surface area (Å²) < 4.78 is 4.81. The van der Waals surface area contributed by atoms with Gasteiger partial charge in [-0.25, -0.2) is 4.79 Å². The molecule has 2 atom stereocenters. The van der Waals surface area contributed by atoms with Crippen molar-refractivity contribution >= 4 is 11.9 Å². The Labute approximate surface area is 126 Å². The molecule has 2 unspecified atom stereocenters. The number of nitrogens with zero attached hydrogens (tertiary/aromatic N) is 1. The molecule has 0 fully saturated rings. The minimum atomic E-state index is -1.17. The van der Waals surface area contributed by atoms with Crippen molar-refractivity contribution in [1.29, 1.82) is 0 Å². The predicted octanol–water partition coefficient (Wildman–Crippen LogP) is 0.956. The number of ether oxygens (including phenoxy) is 1. The molecule has 0 saturated heterocycles. The van der Waals surface area contributed by atoms with Gasteiger partial charge in [0.05, 0.1) is 5.57 Å². The number of carbonyl (C=O) groups excluding carboxylic acids is 2. The maximum atomic E-state index is 11.8. The van der Waals surface area contributed by atoms with Crippen LogP contribution in [-0.2, 0) is 14.3 Å². The lowest BCUT2D eigenvalue weighted by Crippen LogP contribution is -2.35. The minimum Gasteiger partial charge on any atom is -0.432 e. The fraction of sp³-hybridized carbons (Fsp3) is 0.600. The molecule has 0 aromatic rings. The fourth-order valence-electron chi connectivity index (χ4n) is 1.95. The number of primary amides is 1. The molecule has 0 aliphatic carbocycles. The van der Waals surface area contributed by atoms with Crippen molar-refractivity contribution < 1.29 is 19.4 Å². The Morgan fingerprint density at radius 3 is 2.33 bits per heavy atom. The van der Waals surface area contributed by atoms with Gasteiger partial charge >= 0.3 is 5.97 Å². The van der Waals surface area contributed by atoms with Crippen LogP contribution < -0.4 is 5.73 Å². The quantitative estimate of drug-likeness (QED) is 0.286. The summed E-state index contributed by atoms with van der Waals surface area (Å²) in [5.41, 5.74) is 5.64. The number of amides is 1. The van der Waals surface area contributed by atoms with Gasteiger partial charge in [-0.05, 0) is 26.6 Å². The van der Waals surface area contributed by atoms with Crippen LogP contribution in [0, 0.1) is 0 Å². The average molecular weight is 298 g/mol. The third-order valence-corrected chi connectivity index (χ3v) is 3.02. The van der Waals surface area contributed by atoms with E-state index in [0.717, 1.165) is 0 Å². The monoisotopic (exact) mass is 298 g/mol. The van der Waals surface area contributed by atoms with Gasteiger partial charge in [0.15, 0.2) is 0 Å². The highest BCUT2D eigenvalue weighted by molar-refractivity contribution is 5.98. The lowest BCUT2D eigenvalue weighted by atomic mass is 10.0. The zero-order valence-electron chi connectivity index (χ0n) is 13.3. The van der Waals surface area contributed by atoms with Crippen molar-refractivity contribution in [1.82, 2.24) is 4.90 Å². The molecular formula is C15H26N2O4. The Kier molecular flexibility index (Phi) is 8.57. The van der Waals surface area contributed by atoms with Crippen LogP contribution in [0.3, 0.4) is 0 Å². The normalized spacial score (nSPS) is 14.7. The highest BCUT2D eigenvalue weighted by Gasteiger charge is 2.21. The molecule has 0 aromatic carbocycles. The number of rotatable bonds is 9. The first-order valence-corrected chi connectivity index (χ1v) is 7.00. The van der Waals surface area contributed by atoms with Gasteiger partial charge in [-0.15, -0.1) is 0 Å². The van der Waals surface area contributed by atoms with Crippen molar-refractivity contribution in [3.63, 3.8) is 0 Å². The molecule has 0 aromatic heterocycles. The second-order valence-electron chi connectivity index (χ2n) is 5.03. The summed E-state index contributed by atoms with van der Waals surface area (Å²) in [5, 5.41) is 9.45. The maximum absolute atomic E-state index is 11.8. The summed E-state index contributed by atoms with van der Waals surface area (Å²) in [4.78, 5) is 25.2. The molecule has 21 heavy (non-hydrogen) atoms. The van der Waals surface area contributed by atoms with Crippen molar-refractivity contribution in [2.75, 3.05) is 14.1 Å². The van der Waals surface area contributed by atoms with E-state index in [-0.39, 0.29) is 17.2 Å². The molecule has 0 aliphatic rings. The number of carbonyl (C=O) groups is 2. The lowest BCUT2D eigenvalue weighted by molar-refractivity contribution is -0.163. The molecular weight excluding hydrogens is 272 g/mol. The molecule has 0 spiro atoms. The number of aliphatic hydroxyl groups excluding tert-OH is 1. The number of likely N-dealkylation sites (N-methyl/N-ethyl adjacent to an activating group) is 1. The van der Waals surface area contributed by atoms with Crippen molar-refractivity contribution in [2.24, 2.45) is 5.73 Å². The van der Waals surface area contributed by atoms with Gasteiger partial charge in [-0.3, -0.25) is 4.79 Å². The van der Waals surface area contributed by atoms with Crippen LogP contribution in [-0.4, -0.2) is 48.3 Å². The zero-order chi connectivity index (χ0) is 16.6. The molecule has 6 heteroatoms. The van der Waals surface area contributed by atoms with E-state index in [1.807, 2.05) is 32.8 Å². The van der Waals surface area contributed by atoms with Crippen molar-refractivity contribution in [2.45, 2.75) is 45.4 Å². The summed E-state index contributed by atoms with van der Waals surface area (Å²) in [6, 6.07) is -0.215. The van der Waals surface area contributed by atoms with Crippen LogP contribution in [0.5, 0.6) is 0 Å². The molecule has 0 heterocycles. The van der Waals surface area contributed by atoms with Crippen LogP contribution in [0.2, 0.25) is 0 Å². The van der Waals surface area contributed by atoms with E-state index >= 15 is 0 Å². The third-order valence-electron chi connectivity index (χ3n) is 3.02. The van der Waals surface area contributed by atoms with E-state index in [1.54, 1.807) is 0 Å². The number of hydrogen-bond donors (Lipinski definition) is 2. The topological polar surface area (TPSA) is 92.9 Å². The number of esters is 1. The van der Waals surface area contributed by atoms with Gasteiger partial charge in [-0.1, -0.05) is 26.8 Å². The van der Waals surface area contributed by atoms with E-state index in [9.17, 15) is 14.7 Å². The summed E-state index contributed by atoms with van der Waals surface area (Å²) in [5.74, 6) is -1.37. The molecule has 0 aliphatic heterocycles. The molecule has 120 valence electrons. The third kappa shape index (κ3) is 6.55. The van der Waals surface area contributed by atoms with E-state index in [1.165, 1.54) is 6.08 Å². The summed E-state index contributed by atoms with van der Waals surface area (Å²) in [7, 11) is 3.63. The molecule has 0 saturated carbocycles.